The first-order valence-electron chi connectivity index (χ1n) is 12.8. The molecule has 0 aliphatic carbocycles. The van der Waals surface area contributed by atoms with Crippen LogP contribution in [0.1, 0.15) is 54.4 Å². The molecular weight excluding hydrogens is 444 g/mol. The SMILES string of the molecule is C=C1CCCC/N=C(/CN2CCC(N3CCC(C(=O)c4ccc5c(c4)CCO5)CC3)C2=O)NC1=O. The molecule has 8 nitrogen and oxygen atoms in total. The van der Waals surface area contributed by atoms with Gasteiger partial charge in [0.2, 0.25) is 5.91 Å². The Labute approximate surface area is 206 Å². The van der Waals surface area contributed by atoms with E-state index in [1.54, 1.807) is 4.90 Å². The van der Waals surface area contributed by atoms with Crippen LogP contribution in [-0.2, 0) is 16.0 Å². The number of piperidine rings is 1. The molecule has 2 saturated heterocycles. The third-order valence-electron chi connectivity index (χ3n) is 7.69. The maximum Gasteiger partial charge on any atom is 0.251 e. The fraction of sp³-hybridized carbons (Fsp3) is 0.556. The van der Waals surface area contributed by atoms with E-state index in [9.17, 15) is 14.4 Å². The van der Waals surface area contributed by atoms with Crippen molar-refractivity contribution in [2.24, 2.45) is 10.9 Å². The van der Waals surface area contributed by atoms with Gasteiger partial charge in [-0.15, -0.1) is 0 Å². The number of amides is 2. The normalized spacial score (nSPS) is 25.7. The number of hydrogen-bond donors (Lipinski definition) is 1. The first kappa shape index (κ1) is 23.7. The summed E-state index contributed by atoms with van der Waals surface area (Å²) in [4.78, 5) is 47.2. The lowest BCUT2D eigenvalue weighted by Crippen LogP contribution is -2.48. The topological polar surface area (TPSA) is 91.3 Å². The van der Waals surface area contributed by atoms with Crippen molar-refractivity contribution in [3.05, 3.63) is 41.5 Å². The summed E-state index contributed by atoms with van der Waals surface area (Å²) in [6.07, 6.45) is 5.63. The van der Waals surface area contributed by atoms with Crippen LogP contribution in [0, 0.1) is 5.92 Å². The molecule has 0 radical (unpaired) electrons. The number of carbonyl (C=O) groups is 3. The van der Waals surface area contributed by atoms with Crippen molar-refractivity contribution in [2.45, 2.75) is 51.0 Å². The fourth-order valence-corrected chi connectivity index (χ4v) is 5.57. The Morgan fingerprint density at radius 2 is 1.94 bits per heavy atom. The van der Waals surface area contributed by atoms with Crippen LogP contribution < -0.4 is 10.1 Å². The van der Waals surface area contributed by atoms with E-state index in [1.807, 2.05) is 18.2 Å². The third-order valence-corrected chi connectivity index (χ3v) is 7.69. The lowest BCUT2D eigenvalue weighted by Gasteiger charge is -2.34. The van der Waals surface area contributed by atoms with Crippen LogP contribution in [0.25, 0.3) is 0 Å². The van der Waals surface area contributed by atoms with Crippen molar-refractivity contribution in [1.29, 1.82) is 0 Å². The van der Waals surface area contributed by atoms with Gasteiger partial charge in [0.05, 0.1) is 19.2 Å². The second-order valence-electron chi connectivity index (χ2n) is 10.0. The molecule has 0 saturated carbocycles. The Morgan fingerprint density at radius 3 is 2.77 bits per heavy atom. The van der Waals surface area contributed by atoms with Crippen LogP contribution in [0.2, 0.25) is 0 Å². The van der Waals surface area contributed by atoms with Gasteiger partial charge in [0.15, 0.2) is 5.78 Å². The van der Waals surface area contributed by atoms with E-state index in [4.69, 9.17) is 4.74 Å². The van der Waals surface area contributed by atoms with Crippen molar-refractivity contribution in [3.8, 4) is 5.75 Å². The molecule has 4 heterocycles. The van der Waals surface area contributed by atoms with Gasteiger partial charge in [-0.1, -0.05) is 6.58 Å². The molecule has 8 heteroatoms. The molecule has 1 N–H and O–H groups in total. The monoisotopic (exact) mass is 478 g/mol. The number of nitrogens with one attached hydrogen (secondary N) is 1. The van der Waals surface area contributed by atoms with Crippen molar-refractivity contribution in [1.82, 2.24) is 15.1 Å². The van der Waals surface area contributed by atoms with Crippen molar-refractivity contribution < 1.29 is 19.1 Å². The van der Waals surface area contributed by atoms with Gasteiger partial charge >= 0.3 is 0 Å². The Hall–Kier alpha value is -3.00. The lowest BCUT2D eigenvalue weighted by atomic mass is 9.87. The molecule has 186 valence electrons. The third kappa shape index (κ3) is 5.17. The summed E-state index contributed by atoms with van der Waals surface area (Å²) in [5, 5.41) is 2.86. The van der Waals surface area contributed by atoms with E-state index >= 15 is 0 Å². The smallest absolute Gasteiger partial charge is 0.251 e. The van der Waals surface area contributed by atoms with E-state index in [0.717, 1.165) is 68.5 Å². The Morgan fingerprint density at radius 1 is 1.11 bits per heavy atom. The number of benzene rings is 1. The van der Waals surface area contributed by atoms with Crippen LogP contribution in [-0.4, -0.2) is 78.6 Å². The van der Waals surface area contributed by atoms with Crippen LogP contribution in [0.15, 0.2) is 35.3 Å². The number of aliphatic imine (C=N–C) groups is 1. The van der Waals surface area contributed by atoms with E-state index in [-0.39, 0.29) is 29.6 Å². The highest BCUT2D eigenvalue weighted by Crippen LogP contribution is 2.30. The van der Waals surface area contributed by atoms with Crippen molar-refractivity contribution in [3.63, 3.8) is 0 Å². The van der Waals surface area contributed by atoms with E-state index < -0.39 is 0 Å². The summed E-state index contributed by atoms with van der Waals surface area (Å²) in [6.45, 7) is 7.65. The number of Topliss-reactive ketones (excluding diaryl/α,β-unsaturated/α-hetero) is 1. The molecule has 2 amide bonds. The molecule has 1 aromatic carbocycles. The Bertz CT molecular complexity index is 1060. The maximum absolute atomic E-state index is 13.2. The van der Waals surface area contributed by atoms with Crippen LogP contribution in [0.3, 0.4) is 0 Å². The Balaban J connectivity index is 1.15. The van der Waals surface area contributed by atoms with Gasteiger partial charge in [-0.3, -0.25) is 24.3 Å². The van der Waals surface area contributed by atoms with Gasteiger partial charge < -0.3 is 15.0 Å². The first-order chi connectivity index (χ1) is 17.0. The van der Waals surface area contributed by atoms with Gasteiger partial charge in [-0.2, -0.15) is 0 Å². The standard InChI is InChI=1S/C27H34N4O4/c1-18-4-2-3-11-28-24(29-26(18)33)17-31-14-9-22(27(31)34)30-12-7-19(8-13-30)25(32)21-5-6-23-20(16-21)10-15-35-23/h5-6,16,19,22H,1-4,7-15,17H2,(H,28,29,33). The number of nitrogens with zero attached hydrogens (tertiary/aromatic N) is 3. The minimum absolute atomic E-state index is 0.00393. The summed E-state index contributed by atoms with van der Waals surface area (Å²) in [7, 11) is 0. The summed E-state index contributed by atoms with van der Waals surface area (Å²) in [5.74, 6) is 1.53. The molecule has 0 aromatic heterocycles. The molecule has 4 aliphatic heterocycles. The predicted molar refractivity (Wildman–Crippen MR) is 133 cm³/mol. The van der Waals surface area contributed by atoms with E-state index in [2.05, 4.69) is 21.8 Å². The van der Waals surface area contributed by atoms with Gasteiger partial charge in [0, 0.05) is 36.6 Å². The number of ether oxygens (including phenoxy) is 1. The van der Waals surface area contributed by atoms with Crippen LogP contribution in [0.5, 0.6) is 5.75 Å². The van der Waals surface area contributed by atoms with Crippen LogP contribution >= 0.6 is 0 Å². The Kier molecular flexibility index (Phi) is 7.00. The predicted octanol–water partition coefficient (Wildman–Crippen LogP) is 2.37. The summed E-state index contributed by atoms with van der Waals surface area (Å²) in [5.41, 5.74) is 2.46. The van der Waals surface area contributed by atoms with Crippen LogP contribution in [0.4, 0.5) is 0 Å². The highest BCUT2D eigenvalue weighted by Gasteiger charge is 2.39. The lowest BCUT2D eigenvalue weighted by molar-refractivity contribution is -0.132. The zero-order chi connectivity index (χ0) is 24.4. The van der Waals surface area contributed by atoms with Gasteiger partial charge in [0.25, 0.3) is 5.91 Å². The quantitative estimate of drug-likeness (QED) is 0.518. The molecule has 4 aliphatic rings. The summed E-state index contributed by atoms with van der Waals surface area (Å²) >= 11 is 0. The van der Waals surface area contributed by atoms with Gasteiger partial charge in [-0.25, -0.2) is 0 Å². The zero-order valence-corrected chi connectivity index (χ0v) is 20.3. The number of ketones is 1. The molecule has 5 rings (SSSR count). The summed E-state index contributed by atoms with van der Waals surface area (Å²) in [6, 6.07) is 5.62. The van der Waals surface area contributed by atoms with Gasteiger partial charge in [-0.05, 0) is 75.4 Å². The summed E-state index contributed by atoms with van der Waals surface area (Å²) < 4.78 is 5.56. The maximum atomic E-state index is 13.2. The second kappa shape index (κ2) is 10.3. The first-order valence-corrected chi connectivity index (χ1v) is 12.8. The van der Waals surface area contributed by atoms with Crippen molar-refractivity contribution in [2.75, 3.05) is 39.3 Å². The number of likely N-dealkylation sites (tertiary alicyclic amines) is 2. The molecule has 0 bridgehead atoms. The van der Waals surface area contributed by atoms with E-state index in [0.29, 0.717) is 44.1 Å². The number of rotatable bonds is 5. The highest BCUT2D eigenvalue weighted by atomic mass is 16.5. The average molecular weight is 479 g/mol. The molecule has 0 spiro atoms. The molecule has 35 heavy (non-hydrogen) atoms. The molecule has 2 fully saturated rings. The largest absolute Gasteiger partial charge is 0.493 e. The fourth-order valence-electron chi connectivity index (χ4n) is 5.57. The molecule has 1 aromatic rings. The number of amidine groups is 1. The number of hydrogen-bond acceptors (Lipinski definition) is 6. The van der Waals surface area contributed by atoms with Gasteiger partial charge in [0.1, 0.15) is 11.6 Å². The van der Waals surface area contributed by atoms with Crippen molar-refractivity contribution >= 4 is 23.4 Å². The highest BCUT2D eigenvalue weighted by molar-refractivity contribution is 6.07. The molecular formula is C27H34N4O4. The molecule has 1 unspecified atom stereocenters. The number of fused-ring (bicyclic) bond motifs is 1. The average Bonchev–Trinajstić information content (AvgIpc) is 3.50. The zero-order valence-electron chi connectivity index (χ0n) is 20.3. The molecule has 1 atom stereocenters. The van der Waals surface area contributed by atoms with E-state index in [1.165, 1.54) is 0 Å². The minimum atomic E-state index is -0.198. The minimum Gasteiger partial charge on any atom is -0.493 e. The second-order valence-corrected chi connectivity index (χ2v) is 10.0. The number of carbonyl (C=O) groups excluding carboxylic acids is 3.